The Balaban J connectivity index is 0.000000239. The Hall–Kier alpha value is -4.49. The van der Waals surface area contributed by atoms with Crippen molar-refractivity contribution in [3.63, 3.8) is 0 Å². The van der Waals surface area contributed by atoms with Gasteiger partial charge in [0.1, 0.15) is 11.7 Å². The van der Waals surface area contributed by atoms with Gasteiger partial charge < -0.3 is 9.66 Å². The van der Waals surface area contributed by atoms with E-state index in [0.717, 1.165) is 12.8 Å². The molecule has 1 N–H and O–H groups in total. The summed E-state index contributed by atoms with van der Waals surface area (Å²) in [7, 11) is -3.53. The minimum absolute atomic E-state index is 0.0801. The van der Waals surface area contributed by atoms with E-state index < -0.39 is 33.1 Å². The van der Waals surface area contributed by atoms with Gasteiger partial charge in [-0.25, -0.2) is 23.2 Å². The number of rotatable bonds is 13. The van der Waals surface area contributed by atoms with E-state index in [1.807, 2.05) is 68.4 Å². The minimum Gasteiger partial charge on any atom is -0.611 e. The summed E-state index contributed by atoms with van der Waals surface area (Å²) in [6.07, 6.45) is 1.71. The number of hydrazine groups is 1. The number of hydrogen-bond acceptors (Lipinski definition) is 6. The lowest BCUT2D eigenvalue weighted by molar-refractivity contribution is -0.127. The van der Waals surface area contributed by atoms with Crippen molar-refractivity contribution in [1.29, 1.82) is 0 Å². The average Bonchev–Trinajstić information content (AvgIpc) is 3.36. The van der Waals surface area contributed by atoms with Crippen molar-refractivity contribution in [3.8, 4) is 0 Å². The van der Waals surface area contributed by atoms with Crippen LogP contribution in [0, 0.1) is 5.92 Å². The van der Waals surface area contributed by atoms with Crippen LogP contribution in [0.1, 0.15) is 43.5 Å². The van der Waals surface area contributed by atoms with E-state index in [-0.39, 0.29) is 34.4 Å². The third kappa shape index (κ3) is 8.70. The molecule has 4 aromatic carbocycles. The van der Waals surface area contributed by atoms with Crippen LogP contribution < -0.4 is 10.0 Å². The van der Waals surface area contributed by atoms with Gasteiger partial charge in [-0.3, -0.25) is 9.59 Å². The molecule has 4 aromatic rings. The zero-order valence-corrected chi connectivity index (χ0v) is 28.5. The Bertz CT molecular complexity index is 1690. The number of amides is 2. The molecule has 0 radical (unpaired) electrons. The van der Waals surface area contributed by atoms with E-state index in [4.69, 9.17) is 5.11 Å². The second-order valence-electron chi connectivity index (χ2n) is 10.9. The maximum atomic E-state index is 13.2. The van der Waals surface area contributed by atoms with Gasteiger partial charge in [0.2, 0.25) is 10.0 Å². The Kier molecular flexibility index (Phi) is 12.9. The van der Waals surface area contributed by atoms with Crippen LogP contribution in [-0.2, 0) is 30.8 Å². The van der Waals surface area contributed by atoms with E-state index in [0.29, 0.717) is 29.4 Å². The topological polar surface area (TPSA) is 138 Å². The van der Waals surface area contributed by atoms with Crippen LogP contribution >= 0.6 is 0 Å². The number of nitrogens with zero attached hydrogens (tertiary/aromatic N) is 3. The summed E-state index contributed by atoms with van der Waals surface area (Å²) in [6, 6.07) is 32.6. The first kappa shape index (κ1) is 36.3. The van der Waals surface area contributed by atoms with E-state index in [1.165, 1.54) is 38.6 Å². The van der Waals surface area contributed by atoms with E-state index >= 15 is 0 Å². The lowest BCUT2D eigenvalue weighted by Gasteiger charge is -2.27. The van der Waals surface area contributed by atoms with Crippen LogP contribution in [0.25, 0.3) is 0 Å². The van der Waals surface area contributed by atoms with Gasteiger partial charge >= 0.3 is 5.97 Å². The van der Waals surface area contributed by atoms with Crippen molar-refractivity contribution >= 4 is 50.4 Å². The first-order valence-electron chi connectivity index (χ1n) is 15.6. The summed E-state index contributed by atoms with van der Waals surface area (Å²) in [4.78, 5) is 38.0. The van der Waals surface area contributed by atoms with Crippen LogP contribution in [0.4, 0.5) is 11.4 Å². The van der Waals surface area contributed by atoms with Crippen molar-refractivity contribution in [2.75, 3.05) is 28.9 Å². The molecule has 0 bridgehead atoms. The molecule has 1 saturated heterocycles. The fraction of sp³-hybridized carbons (Fsp3) is 0.250. The zero-order chi connectivity index (χ0) is 34.7. The first-order chi connectivity index (χ1) is 23.1. The Labute approximate surface area is 284 Å². The molecule has 252 valence electrons. The maximum Gasteiger partial charge on any atom is 0.335 e. The van der Waals surface area contributed by atoms with Crippen molar-refractivity contribution in [3.05, 3.63) is 121 Å². The number of para-hydroxylation sites is 2. The van der Waals surface area contributed by atoms with Crippen molar-refractivity contribution < 1.29 is 32.5 Å². The monoisotopic (exact) mass is 689 g/mol. The molecule has 12 heteroatoms. The maximum absolute atomic E-state index is 13.2. The summed E-state index contributed by atoms with van der Waals surface area (Å²) < 4.78 is 38.8. The standard InChI is InChI=1S/C23H20N2O3S.C13H19NO4S/c26-22-21(16-17-29(28)20-14-8-3-9-15-20)23(27)25(19-12-6-2-7-13-19)24(22)18-10-4-1-5-11-18;1-3-9-14(10-4-2)19(17,18)12-7-5-11(6-8-12)13(15)16/h1-15,21H,16-17H2;5-8H,3-4,9-10H2,1-2H3,(H,15,16). The van der Waals surface area contributed by atoms with Crippen molar-refractivity contribution in [2.45, 2.75) is 42.9 Å². The van der Waals surface area contributed by atoms with Gasteiger partial charge in [0.15, 0.2) is 4.90 Å². The van der Waals surface area contributed by atoms with Crippen LogP contribution in [0.3, 0.4) is 0 Å². The molecule has 10 nitrogen and oxygen atoms in total. The highest BCUT2D eigenvalue weighted by molar-refractivity contribution is 7.91. The lowest BCUT2D eigenvalue weighted by Crippen LogP contribution is -2.41. The fourth-order valence-electron chi connectivity index (χ4n) is 5.15. The number of hydrogen-bond donors (Lipinski definition) is 1. The SMILES string of the molecule is CCCN(CCC)S(=O)(=O)c1ccc(C(=O)O)cc1.O=C1C(CC[S+]([O-])c2ccccc2)C(=O)N(c2ccccc2)N1c1ccccc1. The highest BCUT2D eigenvalue weighted by Crippen LogP contribution is 2.33. The van der Waals surface area contributed by atoms with Crippen LogP contribution in [0.5, 0.6) is 0 Å². The summed E-state index contributed by atoms with van der Waals surface area (Å²) in [5, 5.41) is 11.6. The number of carboxylic acids is 1. The zero-order valence-electron chi connectivity index (χ0n) is 26.8. The third-order valence-electron chi connectivity index (χ3n) is 7.50. The van der Waals surface area contributed by atoms with Crippen molar-refractivity contribution in [1.82, 2.24) is 4.31 Å². The van der Waals surface area contributed by atoms with Gasteiger partial charge in [0.05, 0.1) is 21.8 Å². The number of carbonyl (C=O) groups excluding carboxylic acids is 2. The molecule has 1 atom stereocenters. The highest BCUT2D eigenvalue weighted by atomic mass is 32.2. The molecule has 1 heterocycles. The van der Waals surface area contributed by atoms with Gasteiger partial charge in [-0.05, 0) is 84.7 Å². The molecule has 1 aliphatic heterocycles. The summed E-state index contributed by atoms with van der Waals surface area (Å²) >= 11 is -1.26. The van der Waals surface area contributed by atoms with E-state index in [2.05, 4.69) is 0 Å². The highest BCUT2D eigenvalue weighted by Gasteiger charge is 2.47. The second kappa shape index (κ2) is 17.1. The van der Waals surface area contributed by atoms with Crippen LogP contribution in [0.15, 0.2) is 125 Å². The van der Waals surface area contributed by atoms with Gasteiger partial charge in [0.25, 0.3) is 11.8 Å². The van der Waals surface area contributed by atoms with Gasteiger partial charge in [0, 0.05) is 19.5 Å². The molecule has 2 amide bonds. The first-order valence-corrected chi connectivity index (χ1v) is 18.4. The van der Waals surface area contributed by atoms with E-state index in [1.54, 1.807) is 36.4 Å². The largest absolute Gasteiger partial charge is 0.611 e. The van der Waals surface area contributed by atoms with Crippen LogP contribution in [0.2, 0.25) is 0 Å². The van der Waals surface area contributed by atoms with Crippen LogP contribution in [-0.4, -0.2) is 59.0 Å². The molecule has 1 aliphatic rings. The Morgan fingerprint density at radius 3 is 1.60 bits per heavy atom. The quantitative estimate of drug-likeness (QED) is 0.134. The average molecular weight is 690 g/mol. The smallest absolute Gasteiger partial charge is 0.335 e. The third-order valence-corrected chi connectivity index (χ3v) is 10.8. The summed E-state index contributed by atoms with van der Waals surface area (Å²) in [6.45, 7) is 4.78. The summed E-state index contributed by atoms with van der Waals surface area (Å²) in [5.74, 6) is -2.27. The number of benzene rings is 4. The molecule has 1 unspecified atom stereocenters. The fourth-order valence-corrected chi connectivity index (χ4v) is 7.92. The number of aromatic carboxylic acids is 1. The molecular formula is C36H39N3O7S2. The van der Waals surface area contributed by atoms with Gasteiger partial charge in [-0.1, -0.05) is 68.4 Å². The molecule has 48 heavy (non-hydrogen) atoms. The molecule has 1 fully saturated rings. The number of carboxylic acid groups (broad SMARTS) is 1. The predicted molar refractivity (Wildman–Crippen MR) is 186 cm³/mol. The molecule has 0 saturated carbocycles. The molecule has 0 aliphatic carbocycles. The minimum atomic E-state index is -3.53. The molecule has 0 spiro atoms. The predicted octanol–water partition coefficient (Wildman–Crippen LogP) is 5.99. The van der Waals surface area contributed by atoms with Gasteiger partial charge in [-0.15, -0.1) is 0 Å². The lowest BCUT2D eigenvalue weighted by atomic mass is 10.1. The number of anilines is 2. The molecular weight excluding hydrogens is 651 g/mol. The Morgan fingerprint density at radius 1 is 0.750 bits per heavy atom. The van der Waals surface area contributed by atoms with Crippen molar-refractivity contribution in [2.24, 2.45) is 5.92 Å². The normalized spacial score (nSPS) is 14.2. The Morgan fingerprint density at radius 2 is 1.19 bits per heavy atom. The van der Waals surface area contributed by atoms with E-state index in [9.17, 15) is 27.4 Å². The summed E-state index contributed by atoms with van der Waals surface area (Å²) in [5.41, 5.74) is 1.33. The number of sulfonamides is 1. The molecule has 5 rings (SSSR count). The molecule has 0 aromatic heterocycles. The second-order valence-corrected chi connectivity index (χ2v) is 14.4. The van der Waals surface area contributed by atoms with Gasteiger partial charge in [-0.2, -0.15) is 4.31 Å². The number of carbonyl (C=O) groups is 3.